The van der Waals surface area contributed by atoms with Crippen LogP contribution in [0.2, 0.25) is 0 Å². The van der Waals surface area contributed by atoms with Gasteiger partial charge in [0, 0.05) is 16.7 Å². The predicted molar refractivity (Wildman–Crippen MR) is 77.2 cm³/mol. The number of fused-ring (bicyclic) bond motifs is 1. The Bertz CT molecular complexity index is 455. The van der Waals surface area contributed by atoms with Crippen LogP contribution >= 0.6 is 37.7 Å². The van der Waals surface area contributed by atoms with E-state index in [1.807, 2.05) is 18.2 Å². The zero-order chi connectivity index (χ0) is 10.7. The molecule has 0 bridgehead atoms. The van der Waals surface area contributed by atoms with Crippen molar-refractivity contribution in [3.8, 4) is 0 Å². The molecule has 0 saturated heterocycles. The molecule has 0 atom stereocenters. The molecule has 1 heterocycles. The first-order valence-electron chi connectivity index (χ1n) is 4.79. The van der Waals surface area contributed by atoms with Gasteiger partial charge in [-0.05, 0) is 11.5 Å². The second-order valence-electron chi connectivity index (χ2n) is 3.38. The molecule has 0 radical (unpaired) electrons. The fourth-order valence-electron chi connectivity index (χ4n) is 1.58. The van der Waals surface area contributed by atoms with E-state index in [1.165, 1.54) is 0 Å². The zero-order valence-electron chi connectivity index (χ0n) is 8.58. The maximum absolute atomic E-state index is 4.32. The van der Waals surface area contributed by atoms with E-state index < -0.39 is 0 Å². The van der Waals surface area contributed by atoms with Gasteiger partial charge in [0.05, 0.1) is 11.9 Å². The van der Waals surface area contributed by atoms with Gasteiger partial charge in [-0.15, -0.1) is 12.4 Å². The molecule has 0 aliphatic carbocycles. The summed E-state index contributed by atoms with van der Waals surface area (Å²) in [4.78, 5) is 0. The summed E-state index contributed by atoms with van der Waals surface area (Å²) >= 11 is 8.63. The lowest BCUT2D eigenvalue weighted by molar-refractivity contribution is 0.823. The van der Waals surface area contributed by atoms with E-state index in [0.717, 1.165) is 28.0 Å². The molecule has 2 aromatic rings. The first-order chi connectivity index (χ1) is 7.36. The Kier molecular flexibility index (Phi) is 5.38. The number of hydrogen-bond donors (Lipinski definition) is 2. The standard InChI is InChI=1S/C11H12N2S2.ClH/c14-6-9(7-15)11-10-4-2-1-3-8(10)5-12-13-11;/h1-5,9,14-15H,6-7H2;1H. The molecule has 1 aromatic heterocycles. The molecule has 2 nitrogen and oxygen atoms in total. The van der Waals surface area contributed by atoms with Gasteiger partial charge in [0.2, 0.25) is 0 Å². The third-order valence-corrected chi connectivity index (χ3v) is 3.31. The van der Waals surface area contributed by atoms with Gasteiger partial charge >= 0.3 is 0 Å². The average Bonchev–Trinajstić information content (AvgIpc) is 2.31. The molecule has 16 heavy (non-hydrogen) atoms. The molecule has 0 amide bonds. The summed E-state index contributed by atoms with van der Waals surface area (Å²) in [5.41, 5.74) is 0.998. The molecule has 0 saturated carbocycles. The van der Waals surface area contributed by atoms with Gasteiger partial charge in [0.15, 0.2) is 0 Å². The lowest BCUT2D eigenvalue weighted by Crippen LogP contribution is -2.06. The van der Waals surface area contributed by atoms with E-state index in [4.69, 9.17) is 0 Å². The first kappa shape index (κ1) is 13.6. The molecule has 0 N–H and O–H groups in total. The molecule has 0 unspecified atom stereocenters. The summed E-state index contributed by atoms with van der Waals surface area (Å²) in [6.45, 7) is 0. The topological polar surface area (TPSA) is 25.8 Å². The molecular weight excluding hydrogens is 260 g/mol. The van der Waals surface area contributed by atoms with Crippen molar-refractivity contribution in [3.63, 3.8) is 0 Å². The van der Waals surface area contributed by atoms with Crippen molar-refractivity contribution in [3.05, 3.63) is 36.2 Å². The molecular formula is C11H13ClN2S2. The average molecular weight is 273 g/mol. The van der Waals surface area contributed by atoms with Crippen molar-refractivity contribution < 1.29 is 0 Å². The molecule has 0 spiro atoms. The van der Waals surface area contributed by atoms with Gasteiger partial charge < -0.3 is 0 Å². The van der Waals surface area contributed by atoms with Crippen molar-refractivity contribution in [2.24, 2.45) is 0 Å². The number of hydrogen-bond acceptors (Lipinski definition) is 4. The summed E-state index contributed by atoms with van der Waals surface area (Å²) in [6.07, 6.45) is 1.78. The quantitative estimate of drug-likeness (QED) is 0.840. The van der Waals surface area contributed by atoms with Crippen molar-refractivity contribution in [1.29, 1.82) is 0 Å². The Morgan fingerprint density at radius 1 is 1.12 bits per heavy atom. The van der Waals surface area contributed by atoms with Crippen LogP contribution in [0.3, 0.4) is 0 Å². The van der Waals surface area contributed by atoms with Gasteiger partial charge in [-0.25, -0.2) is 0 Å². The smallest absolute Gasteiger partial charge is 0.0756 e. The number of halogens is 1. The van der Waals surface area contributed by atoms with Gasteiger partial charge in [0.1, 0.15) is 0 Å². The fraction of sp³-hybridized carbons (Fsp3) is 0.273. The first-order valence-corrected chi connectivity index (χ1v) is 6.05. The summed E-state index contributed by atoms with van der Waals surface area (Å²) < 4.78 is 0. The number of thiol groups is 2. The van der Waals surface area contributed by atoms with Crippen LogP contribution in [0, 0.1) is 0 Å². The van der Waals surface area contributed by atoms with E-state index in [9.17, 15) is 0 Å². The van der Waals surface area contributed by atoms with E-state index >= 15 is 0 Å². The number of rotatable bonds is 3. The summed E-state index contributed by atoms with van der Waals surface area (Å²) in [5, 5.41) is 10.5. The SMILES string of the molecule is Cl.SCC(CS)c1nncc2ccccc12. The molecule has 0 aliphatic heterocycles. The monoisotopic (exact) mass is 272 g/mol. The van der Waals surface area contributed by atoms with Gasteiger partial charge in [-0.2, -0.15) is 35.5 Å². The van der Waals surface area contributed by atoms with Crippen LogP contribution in [0.25, 0.3) is 10.8 Å². The van der Waals surface area contributed by atoms with Crippen LogP contribution in [0.5, 0.6) is 0 Å². The van der Waals surface area contributed by atoms with Crippen molar-refractivity contribution in [2.75, 3.05) is 11.5 Å². The van der Waals surface area contributed by atoms with Crippen LogP contribution in [0.4, 0.5) is 0 Å². The van der Waals surface area contributed by atoms with Gasteiger partial charge in [-0.1, -0.05) is 24.3 Å². The summed E-state index contributed by atoms with van der Waals surface area (Å²) in [7, 11) is 0. The molecule has 2 rings (SSSR count). The Morgan fingerprint density at radius 3 is 2.50 bits per heavy atom. The summed E-state index contributed by atoms with van der Waals surface area (Å²) in [5.74, 6) is 1.74. The Balaban J connectivity index is 0.00000128. The fourth-order valence-corrected chi connectivity index (χ4v) is 2.39. The number of nitrogens with zero attached hydrogens (tertiary/aromatic N) is 2. The van der Waals surface area contributed by atoms with Gasteiger partial charge in [0.25, 0.3) is 0 Å². The van der Waals surface area contributed by atoms with Crippen LogP contribution < -0.4 is 0 Å². The van der Waals surface area contributed by atoms with E-state index in [1.54, 1.807) is 6.20 Å². The third-order valence-electron chi connectivity index (χ3n) is 2.43. The maximum Gasteiger partial charge on any atom is 0.0756 e. The highest BCUT2D eigenvalue weighted by Gasteiger charge is 2.13. The number of benzene rings is 1. The van der Waals surface area contributed by atoms with Crippen LogP contribution in [-0.2, 0) is 0 Å². The minimum Gasteiger partial charge on any atom is -0.179 e. The largest absolute Gasteiger partial charge is 0.179 e. The predicted octanol–water partition coefficient (Wildman–Crippen LogP) is 2.99. The van der Waals surface area contributed by atoms with Crippen LogP contribution in [-0.4, -0.2) is 21.7 Å². The highest BCUT2D eigenvalue weighted by molar-refractivity contribution is 7.81. The van der Waals surface area contributed by atoms with Crippen molar-refractivity contribution in [2.45, 2.75) is 5.92 Å². The normalized spacial score (nSPS) is 10.4. The van der Waals surface area contributed by atoms with Crippen molar-refractivity contribution >= 4 is 48.4 Å². The molecule has 5 heteroatoms. The Hall–Kier alpha value is -0.450. The molecule has 0 fully saturated rings. The third kappa shape index (κ3) is 2.62. The second kappa shape index (κ2) is 6.33. The highest BCUT2D eigenvalue weighted by atomic mass is 35.5. The summed E-state index contributed by atoms with van der Waals surface area (Å²) in [6, 6.07) is 8.13. The van der Waals surface area contributed by atoms with Gasteiger partial charge in [-0.3, -0.25) is 0 Å². The van der Waals surface area contributed by atoms with E-state index in [-0.39, 0.29) is 18.3 Å². The van der Waals surface area contributed by atoms with Crippen LogP contribution in [0.15, 0.2) is 30.5 Å². The number of aromatic nitrogens is 2. The Labute approximate surface area is 112 Å². The van der Waals surface area contributed by atoms with Crippen molar-refractivity contribution in [1.82, 2.24) is 10.2 Å². The zero-order valence-corrected chi connectivity index (χ0v) is 11.2. The minimum atomic E-state index is 0. The molecule has 86 valence electrons. The maximum atomic E-state index is 4.32. The van der Waals surface area contributed by atoms with E-state index in [2.05, 4.69) is 41.5 Å². The lowest BCUT2D eigenvalue weighted by atomic mass is 10.0. The second-order valence-corrected chi connectivity index (χ2v) is 4.11. The molecule has 0 aliphatic rings. The lowest BCUT2D eigenvalue weighted by Gasteiger charge is -2.12. The highest BCUT2D eigenvalue weighted by Crippen LogP contribution is 2.24. The minimum absolute atomic E-state index is 0. The van der Waals surface area contributed by atoms with E-state index in [0.29, 0.717) is 0 Å². The van der Waals surface area contributed by atoms with Crippen LogP contribution in [0.1, 0.15) is 11.6 Å². The molecule has 1 aromatic carbocycles. The Morgan fingerprint density at radius 2 is 1.81 bits per heavy atom.